The van der Waals surface area contributed by atoms with Crippen LogP contribution in [0, 0.1) is 0 Å². The maximum Gasteiger partial charge on any atom is 0.303 e. The lowest BCUT2D eigenvalue weighted by Crippen LogP contribution is -2.07. The van der Waals surface area contributed by atoms with Crippen molar-refractivity contribution in [1.82, 2.24) is 9.55 Å². The maximum atomic E-state index is 11.2. The number of carboxylic acids is 1. The molecule has 2 heterocycles. The SMILES string of the molecule is O=C(O)CCCn1c(CCc2ccccc2)nc2cc(-c3c(Cc4ccccc4)cc4cccoc3-4)ccc21. The Balaban J connectivity index is 1.40. The van der Waals surface area contributed by atoms with Crippen LogP contribution in [0.4, 0.5) is 0 Å². The summed E-state index contributed by atoms with van der Waals surface area (Å²) in [7, 11) is 0. The van der Waals surface area contributed by atoms with Crippen LogP contribution in [0.1, 0.15) is 35.4 Å². The van der Waals surface area contributed by atoms with Gasteiger partial charge in [0.25, 0.3) is 0 Å². The molecule has 0 amide bonds. The van der Waals surface area contributed by atoms with E-state index in [-0.39, 0.29) is 6.42 Å². The van der Waals surface area contributed by atoms with Crippen LogP contribution >= 0.6 is 0 Å². The molecule has 0 saturated carbocycles. The molecule has 3 aromatic carbocycles. The molecule has 2 aliphatic rings. The fourth-order valence-electron chi connectivity index (χ4n) is 5.45. The van der Waals surface area contributed by atoms with Crippen molar-refractivity contribution in [1.29, 1.82) is 0 Å². The molecule has 1 N–H and O–H groups in total. The summed E-state index contributed by atoms with van der Waals surface area (Å²) in [5.74, 6) is 1.09. The number of nitrogens with zero attached hydrogens (tertiary/aromatic N) is 2. The van der Waals surface area contributed by atoms with Gasteiger partial charge in [-0.15, -0.1) is 0 Å². The zero-order chi connectivity index (χ0) is 26.6. The van der Waals surface area contributed by atoms with E-state index in [1.807, 2.05) is 18.2 Å². The van der Waals surface area contributed by atoms with Gasteiger partial charge in [-0.2, -0.15) is 0 Å². The molecule has 1 aliphatic heterocycles. The molecule has 0 spiro atoms. The van der Waals surface area contributed by atoms with Crippen LogP contribution in [-0.4, -0.2) is 20.6 Å². The van der Waals surface area contributed by atoms with E-state index in [9.17, 15) is 9.90 Å². The zero-order valence-electron chi connectivity index (χ0n) is 21.7. The van der Waals surface area contributed by atoms with Gasteiger partial charge in [-0.25, -0.2) is 4.98 Å². The minimum atomic E-state index is -0.773. The van der Waals surface area contributed by atoms with Crippen molar-refractivity contribution in [3.05, 3.63) is 126 Å². The molecule has 0 fully saturated rings. The second kappa shape index (κ2) is 11.0. The molecule has 39 heavy (non-hydrogen) atoms. The molecule has 1 aliphatic carbocycles. The molecule has 0 atom stereocenters. The number of aryl methyl sites for hydroxylation is 3. The number of hydrogen-bond acceptors (Lipinski definition) is 3. The van der Waals surface area contributed by atoms with Crippen LogP contribution in [0.15, 0.2) is 108 Å². The van der Waals surface area contributed by atoms with E-state index in [0.29, 0.717) is 13.0 Å². The van der Waals surface area contributed by atoms with Gasteiger partial charge in [0.05, 0.1) is 17.3 Å². The van der Waals surface area contributed by atoms with E-state index in [4.69, 9.17) is 9.40 Å². The van der Waals surface area contributed by atoms with E-state index in [2.05, 4.69) is 83.4 Å². The Hall–Kier alpha value is -4.64. The van der Waals surface area contributed by atoms with Crippen molar-refractivity contribution in [3.63, 3.8) is 0 Å². The summed E-state index contributed by atoms with van der Waals surface area (Å²) in [5.41, 5.74) is 8.94. The summed E-state index contributed by atoms with van der Waals surface area (Å²) in [6.45, 7) is 0.625. The first kappa shape index (κ1) is 24.7. The normalized spacial score (nSPS) is 11.4. The van der Waals surface area contributed by atoms with Crippen LogP contribution in [0.3, 0.4) is 0 Å². The molecule has 194 valence electrons. The van der Waals surface area contributed by atoms with Gasteiger partial charge in [-0.3, -0.25) is 4.79 Å². The van der Waals surface area contributed by atoms with E-state index in [1.54, 1.807) is 6.26 Å². The number of benzene rings is 3. The summed E-state index contributed by atoms with van der Waals surface area (Å²) < 4.78 is 8.24. The van der Waals surface area contributed by atoms with Crippen molar-refractivity contribution in [2.75, 3.05) is 0 Å². The maximum absolute atomic E-state index is 11.2. The smallest absolute Gasteiger partial charge is 0.303 e. The van der Waals surface area contributed by atoms with Gasteiger partial charge in [-0.1, -0.05) is 66.7 Å². The minimum Gasteiger partial charge on any atom is -0.481 e. The van der Waals surface area contributed by atoms with Crippen molar-refractivity contribution in [2.24, 2.45) is 0 Å². The van der Waals surface area contributed by atoms with Gasteiger partial charge in [0.1, 0.15) is 11.6 Å². The van der Waals surface area contributed by atoms with Crippen molar-refractivity contribution in [3.8, 4) is 22.5 Å². The average Bonchev–Trinajstić information content (AvgIpc) is 3.49. The highest BCUT2D eigenvalue weighted by atomic mass is 16.4. The topological polar surface area (TPSA) is 68.3 Å². The Bertz CT molecular complexity index is 1680. The van der Waals surface area contributed by atoms with Gasteiger partial charge in [0, 0.05) is 30.5 Å². The van der Waals surface area contributed by atoms with Crippen LogP contribution in [0.5, 0.6) is 0 Å². The lowest BCUT2D eigenvalue weighted by Gasteiger charge is -2.10. The molecule has 1 aromatic heterocycles. The molecule has 5 heteroatoms. The number of fused-ring (bicyclic) bond motifs is 2. The van der Waals surface area contributed by atoms with Gasteiger partial charge >= 0.3 is 5.97 Å². The summed E-state index contributed by atoms with van der Waals surface area (Å²) >= 11 is 0. The molecule has 6 rings (SSSR count). The summed E-state index contributed by atoms with van der Waals surface area (Å²) in [6.07, 6.45) is 4.91. The van der Waals surface area contributed by atoms with E-state index in [0.717, 1.165) is 58.6 Å². The molecular formula is C34H30N2O3. The highest BCUT2D eigenvalue weighted by molar-refractivity contribution is 5.91. The first-order chi connectivity index (χ1) is 19.2. The monoisotopic (exact) mass is 514 g/mol. The number of carboxylic acid groups (broad SMARTS) is 1. The third kappa shape index (κ3) is 5.34. The molecule has 5 nitrogen and oxygen atoms in total. The highest BCUT2D eigenvalue weighted by Crippen LogP contribution is 2.41. The second-order valence-corrected chi connectivity index (χ2v) is 9.97. The molecule has 0 saturated heterocycles. The standard InChI is InChI=1S/C34H30N2O3/c37-32(38)14-7-19-36-30-17-16-26(23-29(30)35-31(36)18-15-24-9-3-1-4-10-24)33-28(21-25-11-5-2-6-12-25)22-27-13-8-20-39-34(27)33/h1-6,8-13,16-17,20,22-23H,7,14-15,18-19,21H2,(H,37,38). The van der Waals surface area contributed by atoms with Gasteiger partial charge in [-0.05, 0) is 71.8 Å². The number of hydrogen-bond donors (Lipinski definition) is 1. The second-order valence-electron chi connectivity index (χ2n) is 9.97. The first-order valence-corrected chi connectivity index (χ1v) is 13.4. The summed E-state index contributed by atoms with van der Waals surface area (Å²) in [6, 6.07) is 33.6. The van der Waals surface area contributed by atoms with Crippen LogP contribution in [0.25, 0.3) is 33.5 Å². The predicted octanol–water partition coefficient (Wildman–Crippen LogP) is 7.64. The van der Waals surface area contributed by atoms with E-state index < -0.39 is 5.97 Å². The third-order valence-electron chi connectivity index (χ3n) is 7.29. The molecular weight excluding hydrogens is 484 g/mol. The van der Waals surface area contributed by atoms with Crippen LogP contribution < -0.4 is 0 Å². The van der Waals surface area contributed by atoms with Crippen molar-refractivity contribution >= 4 is 17.0 Å². The largest absolute Gasteiger partial charge is 0.481 e. The predicted molar refractivity (Wildman–Crippen MR) is 154 cm³/mol. The lowest BCUT2D eigenvalue weighted by atomic mass is 9.98. The van der Waals surface area contributed by atoms with Crippen LogP contribution in [0.2, 0.25) is 0 Å². The molecule has 0 radical (unpaired) electrons. The lowest BCUT2D eigenvalue weighted by molar-refractivity contribution is -0.137. The number of aromatic nitrogens is 2. The summed E-state index contributed by atoms with van der Waals surface area (Å²) in [5, 5.41) is 9.20. The summed E-state index contributed by atoms with van der Waals surface area (Å²) in [4.78, 5) is 16.3. The number of rotatable bonds is 10. The Morgan fingerprint density at radius 1 is 0.821 bits per heavy atom. The fourth-order valence-corrected chi connectivity index (χ4v) is 5.45. The third-order valence-corrected chi connectivity index (χ3v) is 7.29. The average molecular weight is 515 g/mol. The van der Waals surface area contributed by atoms with Crippen molar-refractivity contribution in [2.45, 2.75) is 38.6 Å². The van der Waals surface area contributed by atoms with E-state index >= 15 is 0 Å². The number of imidazole rings is 1. The number of aliphatic carboxylic acids is 1. The quantitative estimate of drug-likeness (QED) is 0.204. The fraction of sp³-hybridized carbons (Fsp3) is 0.176. The Morgan fingerprint density at radius 2 is 1.59 bits per heavy atom. The van der Waals surface area contributed by atoms with Crippen molar-refractivity contribution < 1.29 is 14.3 Å². The molecule has 0 unspecified atom stereocenters. The Labute approximate surface area is 227 Å². The van der Waals surface area contributed by atoms with Gasteiger partial charge in [0.15, 0.2) is 0 Å². The molecule has 4 aromatic rings. The van der Waals surface area contributed by atoms with Gasteiger partial charge < -0.3 is 14.1 Å². The highest BCUT2D eigenvalue weighted by Gasteiger charge is 2.21. The van der Waals surface area contributed by atoms with Crippen LogP contribution in [-0.2, 0) is 30.6 Å². The Morgan fingerprint density at radius 3 is 2.36 bits per heavy atom. The van der Waals surface area contributed by atoms with Gasteiger partial charge in [0.2, 0.25) is 0 Å². The number of carbonyl (C=O) groups is 1. The first-order valence-electron chi connectivity index (χ1n) is 13.4. The Kier molecular flexibility index (Phi) is 6.96. The zero-order valence-corrected chi connectivity index (χ0v) is 21.7. The molecule has 0 bridgehead atoms. The minimum absolute atomic E-state index is 0.139. The van der Waals surface area contributed by atoms with E-state index in [1.165, 1.54) is 16.7 Å².